The maximum atomic E-state index is 5.85. The zero-order valence-corrected chi connectivity index (χ0v) is 12.5. The smallest absolute Gasteiger partial charge is 0.166 e. The summed E-state index contributed by atoms with van der Waals surface area (Å²) in [5.41, 5.74) is 1.08. The van der Waals surface area contributed by atoms with Crippen molar-refractivity contribution in [1.29, 1.82) is 0 Å². The molecule has 1 aromatic heterocycles. The molecule has 0 N–H and O–H groups in total. The molecular formula is C17H19N3O. The number of fused-ring (bicyclic) bond motifs is 1. The Balaban J connectivity index is 2.10. The molecule has 0 saturated carbocycles. The molecule has 0 aliphatic rings. The molecule has 4 nitrogen and oxygen atoms in total. The van der Waals surface area contributed by atoms with E-state index in [0.717, 1.165) is 11.5 Å². The number of benzene rings is 2. The highest BCUT2D eigenvalue weighted by atomic mass is 16.5. The van der Waals surface area contributed by atoms with Crippen molar-refractivity contribution in [2.24, 2.45) is 0 Å². The molecule has 0 saturated heterocycles. The van der Waals surface area contributed by atoms with Gasteiger partial charge in [0.15, 0.2) is 5.82 Å². The summed E-state index contributed by atoms with van der Waals surface area (Å²) in [7, 11) is 0. The predicted octanol–water partition coefficient (Wildman–Crippen LogP) is 3.91. The first-order valence-electron chi connectivity index (χ1n) is 7.20. The third-order valence-corrected chi connectivity index (χ3v) is 3.44. The average Bonchev–Trinajstić information content (AvgIpc) is 2.95. The normalized spacial score (nSPS) is 13.0. The Morgan fingerprint density at radius 2 is 1.76 bits per heavy atom. The van der Waals surface area contributed by atoms with Crippen molar-refractivity contribution in [1.82, 2.24) is 14.8 Å². The Labute approximate surface area is 124 Å². The van der Waals surface area contributed by atoms with Gasteiger partial charge in [-0.25, -0.2) is 0 Å². The highest BCUT2D eigenvalue weighted by Crippen LogP contribution is 2.25. The number of ether oxygens (including phenoxy) is 1. The van der Waals surface area contributed by atoms with Crippen LogP contribution in [0.1, 0.15) is 32.7 Å². The predicted molar refractivity (Wildman–Crippen MR) is 83.5 cm³/mol. The Morgan fingerprint density at radius 3 is 2.57 bits per heavy atom. The van der Waals surface area contributed by atoms with Crippen LogP contribution in [-0.4, -0.2) is 20.9 Å². The first-order chi connectivity index (χ1) is 10.2. The van der Waals surface area contributed by atoms with E-state index in [1.54, 1.807) is 6.33 Å². The van der Waals surface area contributed by atoms with Gasteiger partial charge in [-0.05, 0) is 32.2 Å². The Hall–Kier alpha value is -2.20. The lowest BCUT2D eigenvalue weighted by atomic mass is 10.1. The van der Waals surface area contributed by atoms with Crippen LogP contribution in [0.5, 0.6) is 0 Å². The van der Waals surface area contributed by atoms with Gasteiger partial charge in [-0.2, -0.15) is 0 Å². The molecule has 21 heavy (non-hydrogen) atoms. The maximum Gasteiger partial charge on any atom is 0.166 e. The number of rotatable bonds is 4. The molecule has 0 bridgehead atoms. The fraction of sp³-hybridized carbons (Fsp3) is 0.294. The number of hydrogen-bond donors (Lipinski definition) is 0. The summed E-state index contributed by atoms with van der Waals surface area (Å²) in [6, 6.07) is 14.6. The van der Waals surface area contributed by atoms with Gasteiger partial charge in [0.1, 0.15) is 12.4 Å². The standard InChI is InChI=1S/C17H19N3O/c1-12(2)21-13(3)17-19-18-11-20(17)16-10-6-8-14-7-4-5-9-15(14)16/h4-13H,1-3H3/t13-/m0/s1. The highest BCUT2D eigenvalue weighted by Gasteiger charge is 2.17. The van der Waals surface area contributed by atoms with E-state index in [1.165, 1.54) is 10.8 Å². The molecule has 0 fully saturated rings. The molecule has 0 amide bonds. The van der Waals surface area contributed by atoms with E-state index in [0.29, 0.717) is 0 Å². The van der Waals surface area contributed by atoms with Crippen LogP contribution in [-0.2, 0) is 4.74 Å². The zero-order chi connectivity index (χ0) is 14.8. The number of nitrogens with zero attached hydrogens (tertiary/aromatic N) is 3. The van der Waals surface area contributed by atoms with Crippen LogP contribution in [0.4, 0.5) is 0 Å². The molecule has 3 rings (SSSR count). The fourth-order valence-corrected chi connectivity index (χ4v) is 2.59. The highest BCUT2D eigenvalue weighted by molar-refractivity contribution is 5.90. The number of hydrogen-bond acceptors (Lipinski definition) is 3. The third kappa shape index (κ3) is 2.67. The van der Waals surface area contributed by atoms with E-state index < -0.39 is 0 Å². The molecule has 1 atom stereocenters. The van der Waals surface area contributed by atoms with Gasteiger partial charge >= 0.3 is 0 Å². The molecule has 108 valence electrons. The summed E-state index contributed by atoms with van der Waals surface area (Å²) in [5, 5.41) is 10.7. The van der Waals surface area contributed by atoms with Crippen LogP contribution >= 0.6 is 0 Å². The van der Waals surface area contributed by atoms with Crippen LogP contribution in [0.15, 0.2) is 48.8 Å². The van der Waals surface area contributed by atoms with Crippen molar-refractivity contribution < 1.29 is 4.74 Å². The Bertz CT molecular complexity index is 743. The summed E-state index contributed by atoms with van der Waals surface area (Å²) < 4.78 is 7.85. The van der Waals surface area contributed by atoms with E-state index in [9.17, 15) is 0 Å². The molecule has 0 spiro atoms. The molecule has 0 aliphatic heterocycles. The molecule has 0 aliphatic carbocycles. The Morgan fingerprint density at radius 1 is 1.00 bits per heavy atom. The number of aromatic nitrogens is 3. The Kier molecular flexibility index (Phi) is 3.71. The van der Waals surface area contributed by atoms with Crippen LogP contribution in [0.2, 0.25) is 0 Å². The van der Waals surface area contributed by atoms with E-state index in [2.05, 4.69) is 40.5 Å². The van der Waals surface area contributed by atoms with E-state index in [4.69, 9.17) is 4.74 Å². The molecule has 2 aromatic carbocycles. The lowest BCUT2D eigenvalue weighted by Gasteiger charge is -2.17. The van der Waals surface area contributed by atoms with Gasteiger partial charge in [0.05, 0.1) is 11.8 Å². The monoisotopic (exact) mass is 281 g/mol. The summed E-state index contributed by atoms with van der Waals surface area (Å²) >= 11 is 0. The first-order valence-corrected chi connectivity index (χ1v) is 7.20. The van der Waals surface area contributed by atoms with Crippen molar-refractivity contribution in [2.75, 3.05) is 0 Å². The minimum absolute atomic E-state index is 0.105. The quantitative estimate of drug-likeness (QED) is 0.728. The lowest BCUT2D eigenvalue weighted by Crippen LogP contribution is -2.12. The second-order valence-electron chi connectivity index (χ2n) is 5.38. The van der Waals surface area contributed by atoms with Crippen LogP contribution in [0, 0.1) is 0 Å². The van der Waals surface area contributed by atoms with Crippen molar-refractivity contribution in [3.8, 4) is 5.69 Å². The van der Waals surface area contributed by atoms with E-state index >= 15 is 0 Å². The van der Waals surface area contributed by atoms with Gasteiger partial charge in [-0.1, -0.05) is 36.4 Å². The van der Waals surface area contributed by atoms with Gasteiger partial charge < -0.3 is 4.74 Å². The van der Waals surface area contributed by atoms with Gasteiger partial charge in [-0.15, -0.1) is 10.2 Å². The fourth-order valence-electron chi connectivity index (χ4n) is 2.59. The second-order valence-corrected chi connectivity index (χ2v) is 5.38. The van der Waals surface area contributed by atoms with Gasteiger partial charge in [0, 0.05) is 5.39 Å². The van der Waals surface area contributed by atoms with Crippen LogP contribution in [0.25, 0.3) is 16.5 Å². The minimum Gasteiger partial charge on any atom is -0.368 e. The average molecular weight is 281 g/mol. The lowest BCUT2D eigenvalue weighted by molar-refractivity contribution is 0.0119. The van der Waals surface area contributed by atoms with Crippen molar-refractivity contribution in [2.45, 2.75) is 33.0 Å². The molecule has 0 radical (unpaired) electrons. The maximum absolute atomic E-state index is 5.85. The van der Waals surface area contributed by atoms with E-state index in [-0.39, 0.29) is 12.2 Å². The van der Waals surface area contributed by atoms with Gasteiger partial charge in [-0.3, -0.25) is 4.57 Å². The molecule has 1 heterocycles. The summed E-state index contributed by atoms with van der Waals surface area (Å²) in [6.07, 6.45) is 1.79. The summed E-state index contributed by atoms with van der Waals surface area (Å²) in [6.45, 7) is 6.05. The molecule has 3 aromatic rings. The largest absolute Gasteiger partial charge is 0.368 e. The first kappa shape index (κ1) is 13.8. The van der Waals surface area contributed by atoms with Crippen LogP contribution < -0.4 is 0 Å². The topological polar surface area (TPSA) is 39.9 Å². The SMILES string of the molecule is CC(C)O[C@@H](C)c1nncn1-c1cccc2ccccc12. The van der Waals surface area contributed by atoms with Gasteiger partial charge in [0.2, 0.25) is 0 Å². The molecular weight excluding hydrogens is 262 g/mol. The van der Waals surface area contributed by atoms with Gasteiger partial charge in [0.25, 0.3) is 0 Å². The minimum atomic E-state index is -0.105. The van der Waals surface area contributed by atoms with E-state index in [1.807, 2.05) is 37.5 Å². The molecule has 4 heteroatoms. The summed E-state index contributed by atoms with van der Waals surface area (Å²) in [4.78, 5) is 0. The zero-order valence-electron chi connectivity index (χ0n) is 12.5. The van der Waals surface area contributed by atoms with Crippen molar-refractivity contribution >= 4 is 10.8 Å². The summed E-state index contributed by atoms with van der Waals surface area (Å²) in [5.74, 6) is 0.819. The van der Waals surface area contributed by atoms with Crippen molar-refractivity contribution in [3.63, 3.8) is 0 Å². The molecule has 0 unspecified atom stereocenters. The third-order valence-electron chi connectivity index (χ3n) is 3.44. The van der Waals surface area contributed by atoms with Crippen molar-refractivity contribution in [3.05, 3.63) is 54.6 Å². The second kappa shape index (κ2) is 5.66. The van der Waals surface area contributed by atoms with Crippen LogP contribution in [0.3, 0.4) is 0 Å².